The number of nitrogens with zero attached hydrogens (tertiary/aromatic N) is 1. The Kier molecular flexibility index (Phi) is 8.84. The Morgan fingerprint density at radius 3 is 2.14 bits per heavy atom. The van der Waals surface area contributed by atoms with E-state index in [0.29, 0.717) is 47.6 Å². The number of methoxy groups -OCH3 is 4. The molecule has 0 aromatic heterocycles. The predicted octanol–water partition coefficient (Wildman–Crippen LogP) is 4.37. The van der Waals surface area contributed by atoms with Crippen LogP contribution in [0.15, 0.2) is 36.4 Å². The Hall–Kier alpha value is -3.42. The molecule has 35 heavy (non-hydrogen) atoms. The number of hydrogen-bond donors (Lipinski definition) is 1. The Labute approximate surface area is 207 Å². The quantitative estimate of drug-likeness (QED) is 0.539. The maximum Gasteiger partial charge on any atom is 0.227 e. The third kappa shape index (κ3) is 5.81. The molecule has 2 aromatic carbocycles. The van der Waals surface area contributed by atoms with Gasteiger partial charge in [0.1, 0.15) is 5.75 Å². The molecule has 1 aliphatic rings. The molecule has 1 aliphatic heterocycles. The third-order valence-corrected chi connectivity index (χ3v) is 6.34. The van der Waals surface area contributed by atoms with Gasteiger partial charge in [-0.25, -0.2) is 0 Å². The number of ether oxygens (including phenoxy) is 4. The molecule has 0 saturated carbocycles. The summed E-state index contributed by atoms with van der Waals surface area (Å²) in [5.41, 5.74) is 1.42. The number of carbonyl (C=O) groups excluding carboxylic acids is 2. The summed E-state index contributed by atoms with van der Waals surface area (Å²) in [6.07, 6.45) is 1.61. The first-order chi connectivity index (χ1) is 16.8. The van der Waals surface area contributed by atoms with Gasteiger partial charge in [-0.2, -0.15) is 0 Å². The van der Waals surface area contributed by atoms with Crippen LogP contribution in [0.5, 0.6) is 23.0 Å². The predicted molar refractivity (Wildman–Crippen MR) is 135 cm³/mol. The second-order valence-corrected chi connectivity index (χ2v) is 8.98. The number of piperidine rings is 1. The minimum atomic E-state index is -0.510. The van der Waals surface area contributed by atoms with E-state index in [4.69, 9.17) is 18.9 Å². The lowest BCUT2D eigenvalue weighted by molar-refractivity contribution is -0.129. The summed E-state index contributed by atoms with van der Waals surface area (Å²) in [5, 5.41) is 3.09. The lowest BCUT2D eigenvalue weighted by Gasteiger charge is -2.41. The van der Waals surface area contributed by atoms with Crippen molar-refractivity contribution in [1.29, 1.82) is 0 Å². The van der Waals surface area contributed by atoms with Crippen molar-refractivity contribution in [2.45, 2.75) is 39.2 Å². The lowest BCUT2D eigenvalue weighted by atomic mass is 9.83. The van der Waals surface area contributed by atoms with Crippen LogP contribution in [0.2, 0.25) is 0 Å². The first kappa shape index (κ1) is 26.2. The van der Waals surface area contributed by atoms with E-state index >= 15 is 0 Å². The molecule has 1 saturated heterocycles. The van der Waals surface area contributed by atoms with Gasteiger partial charge in [0.25, 0.3) is 0 Å². The van der Waals surface area contributed by atoms with Gasteiger partial charge in [0.05, 0.1) is 46.1 Å². The molecule has 3 rings (SSSR count). The molecule has 1 N–H and O–H groups in total. The first-order valence-electron chi connectivity index (χ1n) is 11.9. The molecule has 8 heteroatoms. The zero-order valence-corrected chi connectivity index (χ0v) is 21.4. The van der Waals surface area contributed by atoms with Crippen molar-refractivity contribution in [2.75, 3.05) is 39.9 Å². The number of amides is 2. The van der Waals surface area contributed by atoms with E-state index in [2.05, 4.69) is 19.2 Å². The molecule has 2 aromatic rings. The molecule has 1 heterocycles. The average molecular weight is 485 g/mol. The fourth-order valence-electron chi connectivity index (χ4n) is 4.48. The summed E-state index contributed by atoms with van der Waals surface area (Å²) in [7, 11) is 6.20. The Bertz CT molecular complexity index is 996. The van der Waals surface area contributed by atoms with E-state index in [-0.39, 0.29) is 18.2 Å². The summed E-state index contributed by atoms with van der Waals surface area (Å²) in [5.74, 6) is 1.94. The molecule has 1 fully saturated rings. The summed E-state index contributed by atoms with van der Waals surface area (Å²) >= 11 is 0. The minimum Gasteiger partial charge on any atom is -0.497 e. The van der Waals surface area contributed by atoms with Crippen LogP contribution in [0.1, 0.15) is 44.7 Å². The van der Waals surface area contributed by atoms with E-state index in [1.54, 1.807) is 24.1 Å². The summed E-state index contributed by atoms with van der Waals surface area (Å²) < 4.78 is 21.8. The van der Waals surface area contributed by atoms with Gasteiger partial charge in [-0.15, -0.1) is 0 Å². The van der Waals surface area contributed by atoms with Crippen molar-refractivity contribution >= 4 is 17.5 Å². The molecular weight excluding hydrogens is 448 g/mol. The topological polar surface area (TPSA) is 86.3 Å². The third-order valence-electron chi connectivity index (χ3n) is 6.34. The maximum atomic E-state index is 13.4. The van der Waals surface area contributed by atoms with Crippen LogP contribution in [0.25, 0.3) is 0 Å². The fourth-order valence-corrected chi connectivity index (χ4v) is 4.48. The molecule has 190 valence electrons. The summed E-state index contributed by atoms with van der Waals surface area (Å²) in [6.45, 7) is 4.84. The average Bonchev–Trinajstić information content (AvgIpc) is 2.87. The van der Waals surface area contributed by atoms with Crippen molar-refractivity contribution in [1.82, 2.24) is 5.32 Å². The van der Waals surface area contributed by atoms with Crippen molar-refractivity contribution in [3.05, 3.63) is 42.0 Å². The molecule has 0 radical (unpaired) electrons. The highest BCUT2D eigenvalue weighted by Crippen LogP contribution is 2.46. The van der Waals surface area contributed by atoms with E-state index < -0.39 is 12.0 Å². The van der Waals surface area contributed by atoms with Crippen molar-refractivity contribution in [3.8, 4) is 23.0 Å². The number of hydrogen-bond acceptors (Lipinski definition) is 6. The fraction of sp³-hybridized carbons (Fsp3) is 0.481. The molecular formula is C27H36N2O6. The van der Waals surface area contributed by atoms with Gasteiger partial charge in [0.2, 0.25) is 17.6 Å². The highest BCUT2D eigenvalue weighted by molar-refractivity contribution is 5.98. The SMILES string of the molecule is COc1ccc(C2C(C(=O)NCCC(C)C)CCC(=O)N2c2cc(OC)c(OC)c(OC)c2)cc1. The van der Waals surface area contributed by atoms with Gasteiger partial charge >= 0.3 is 0 Å². The van der Waals surface area contributed by atoms with E-state index in [0.717, 1.165) is 12.0 Å². The number of rotatable bonds is 10. The van der Waals surface area contributed by atoms with Gasteiger partial charge in [-0.3, -0.25) is 9.59 Å². The summed E-state index contributed by atoms with van der Waals surface area (Å²) in [6, 6.07) is 10.5. The number of benzene rings is 2. The molecule has 2 amide bonds. The standard InChI is InChI=1S/C27H36N2O6/c1-17(2)13-14-28-27(31)21-11-12-24(30)29(25(21)18-7-9-20(32-3)10-8-18)19-15-22(33-4)26(35-6)23(16-19)34-5/h7-10,15-17,21,25H,11-14H2,1-6H3,(H,28,31). The zero-order chi connectivity index (χ0) is 25.5. The van der Waals surface area contributed by atoms with Gasteiger partial charge in [-0.1, -0.05) is 26.0 Å². The van der Waals surface area contributed by atoms with Gasteiger partial charge in [-0.05, 0) is 36.5 Å². The van der Waals surface area contributed by atoms with Crippen LogP contribution in [0.3, 0.4) is 0 Å². The van der Waals surface area contributed by atoms with Crippen LogP contribution in [-0.2, 0) is 9.59 Å². The van der Waals surface area contributed by atoms with E-state index in [1.165, 1.54) is 21.3 Å². The highest BCUT2D eigenvalue weighted by Gasteiger charge is 2.42. The van der Waals surface area contributed by atoms with Crippen molar-refractivity contribution < 1.29 is 28.5 Å². The Morgan fingerprint density at radius 1 is 1.00 bits per heavy atom. The lowest BCUT2D eigenvalue weighted by Crippen LogP contribution is -2.48. The van der Waals surface area contributed by atoms with Crippen molar-refractivity contribution in [2.24, 2.45) is 11.8 Å². The molecule has 0 aliphatic carbocycles. The number of anilines is 1. The van der Waals surface area contributed by atoms with Crippen LogP contribution in [0, 0.1) is 11.8 Å². The van der Waals surface area contributed by atoms with Crippen LogP contribution in [0.4, 0.5) is 5.69 Å². The van der Waals surface area contributed by atoms with Gasteiger partial charge in [0.15, 0.2) is 11.5 Å². The zero-order valence-electron chi connectivity index (χ0n) is 21.4. The van der Waals surface area contributed by atoms with Gasteiger partial charge < -0.3 is 29.2 Å². The second-order valence-electron chi connectivity index (χ2n) is 8.98. The smallest absolute Gasteiger partial charge is 0.227 e. The Morgan fingerprint density at radius 2 is 1.63 bits per heavy atom. The Balaban J connectivity index is 2.09. The van der Waals surface area contributed by atoms with Gasteiger partial charge in [0, 0.05) is 25.1 Å². The van der Waals surface area contributed by atoms with Crippen LogP contribution in [-0.4, -0.2) is 46.8 Å². The highest BCUT2D eigenvalue weighted by atomic mass is 16.5. The summed E-state index contributed by atoms with van der Waals surface area (Å²) in [4.78, 5) is 28.4. The second kappa shape index (κ2) is 11.8. The van der Waals surface area contributed by atoms with E-state index in [9.17, 15) is 9.59 Å². The molecule has 2 atom stereocenters. The molecule has 2 unspecified atom stereocenters. The van der Waals surface area contributed by atoms with Crippen LogP contribution < -0.4 is 29.2 Å². The number of carbonyl (C=O) groups is 2. The monoisotopic (exact) mass is 484 g/mol. The first-order valence-corrected chi connectivity index (χ1v) is 11.9. The minimum absolute atomic E-state index is 0.0589. The van der Waals surface area contributed by atoms with Crippen molar-refractivity contribution in [3.63, 3.8) is 0 Å². The molecule has 8 nitrogen and oxygen atoms in total. The number of nitrogens with one attached hydrogen (secondary N) is 1. The van der Waals surface area contributed by atoms with E-state index in [1.807, 2.05) is 24.3 Å². The van der Waals surface area contributed by atoms with Crippen LogP contribution >= 0.6 is 0 Å². The largest absolute Gasteiger partial charge is 0.497 e. The molecule has 0 bridgehead atoms. The normalized spacial score (nSPS) is 17.8. The molecule has 0 spiro atoms. The maximum absolute atomic E-state index is 13.4.